The largest absolute Gasteiger partial charge is 0.494 e. The summed E-state index contributed by atoms with van der Waals surface area (Å²) in [5.74, 6) is 0.380. The number of carbonyl (C=O) groups is 1. The summed E-state index contributed by atoms with van der Waals surface area (Å²) >= 11 is 0. The van der Waals surface area contributed by atoms with E-state index in [4.69, 9.17) is 15.7 Å². The fraction of sp³-hybridized carbons (Fsp3) is 0.467. The van der Waals surface area contributed by atoms with Crippen LogP contribution >= 0.6 is 0 Å². The molecule has 6 nitrogen and oxygen atoms in total. The predicted molar refractivity (Wildman–Crippen MR) is 81.8 cm³/mol. The normalized spacial score (nSPS) is 12.8. The van der Waals surface area contributed by atoms with E-state index in [0.717, 1.165) is 12.8 Å². The molecule has 0 aliphatic rings. The molecule has 0 spiro atoms. The van der Waals surface area contributed by atoms with Crippen LogP contribution in [0, 0.1) is 0 Å². The number of oxime groups is 1. The lowest BCUT2D eigenvalue weighted by Gasteiger charge is -2.16. The van der Waals surface area contributed by atoms with E-state index in [2.05, 4.69) is 10.5 Å². The summed E-state index contributed by atoms with van der Waals surface area (Å²) < 4.78 is 5.50. The molecule has 0 saturated heterocycles. The molecule has 1 aromatic rings. The maximum Gasteiger partial charge on any atom is 0.252 e. The van der Waals surface area contributed by atoms with Gasteiger partial charge in [-0.2, -0.15) is 0 Å². The maximum atomic E-state index is 12.2. The summed E-state index contributed by atoms with van der Waals surface area (Å²) in [4.78, 5) is 12.2. The highest BCUT2D eigenvalue weighted by Gasteiger charge is 2.17. The Bertz CT molecular complexity index is 489. The first-order valence-electron chi connectivity index (χ1n) is 7.13. The molecule has 0 bridgehead atoms. The third-order valence-electron chi connectivity index (χ3n) is 2.92. The molecule has 0 aromatic heterocycles. The molecule has 0 aliphatic heterocycles. The van der Waals surface area contributed by atoms with Crippen LogP contribution in [0.2, 0.25) is 0 Å². The molecule has 1 amide bonds. The lowest BCUT2D eigenvalue weighted by atomic mass is 10.1. The second-order valence-corrected chi connectivity index (χ2v) is 4.72. The number of ether oxygens (including phenoxy) is 1. The minimum absolute atomic E-state index is 0.00332. The Morgan fingerprint density at radius 1 is 1.43 bits per heavy atom. The Labute approximate surface area is 125 Å². The highest BCUT2D eigenvalue weighted by molar-refractivity contribution is 5.98. The van der Waals surface area contributed by atoms with Gasteiger partial charge in [0.1, 0.15) is 5.75 Å². The Morgan fingerprint density at radius 2 is 2.19 bits per heavy atom. The van der Waals surface area contributed by atoms with E-state index in [1.807, 2.05) is 13.8 Å². The summed E-state index contributed by atoms with van der Waals surface area (Å²) in [6, 6.07) is 6.47. The van der Waals surface area contributed by atoms with Crippen molar-refractivity contribution < 1.29 is 14.7 Å². The molecule has 1 aromatic carbocycles. The summed E-state index contributed by atoms with van der Waals surface area (Å²) in [5.41, 5.74) is 6.07. The second kappa shape index (κ2) is 8.84. The van der Waals surface area contributed by atoms with Gasteiger partial charge in [-0.05, 0) is 31.0 Å². The van der Waals surface area contributed by atoms with Crippen molar-refractivity contribution in [1.82, 2.24) is 5.32 Å². The number of hydrogen-bond acceptors (Lipinski definition) is 4. The smallest absolute Gasteiger partial charge is 0.252 e. The zero-order chi connectivity index (χ0) is 15.7. The number of hydrogen-bond donors (Lipinski definition) is 3. The zero-order valence-electron chi connectivity index (χ0n) is 12.5. The minimum atomic E-state index is -0.479. The van der Waals surface area contributed by atoms with Gasteiger partial charge < -0.3 is 21.0 Å². The van der Waals surface area contributed by atoms with Crippen molar-refractivity contribution in [2.24, 2.45) is 10.9 Å². The summed E-state index contributed by atoms with van der Waals surface area (Å²) in [7, 11) is 0. The van der Waals surface area contributed by atoms with Crippen molar-refractivity contribution in [1.29, 1.82) is 0 Å². The molecule has 0 fully saturated rings. The number of nitrogens with zero attached hydrogens (tertiary/aromatic N) is 1. The molecule has 116 valence electrons. The molecular weight excluding hydrogens is 270 g/mol. The molecule has 0 aliphatic carbocycles. The van der Waals surface area contributed by atoms with E-state index in [1.54, 1.807) is 24.3 Å². The fourth-order valence-electron chi connectivity index (χ4n) is 1.84. The van der Waals surface area contributed by atoms with Crippen molar-refractivity contribution in [3.8, 4) is 5.75 Å². The molecule has 0 saturated carbocycles. The third kappa shape index (κ3) is 5.33. The van der Waals surface area contributed by atoms with Crippen LogP contribution in [0.15, 0.2) is 29.4 Å². The van der Waals surface area contributed by atoms with Gasteiger partial charge in [-0.3, -0.25) is 4.79 Å². The summed E-state index contributed by atoms with van der Waals surface area (Å²) in [6.45, 7) is 4.58. The van der Waals surface area contributed by atoms with Gasteiger partial charge >= 0.3 is 0 Å². The number of carbonyl (C=O) groups excluding carboxylic acids is 1. The topological polar surface area (TPSA) is 96.9 Å². The van der Waals surface area contributed by atoms with Crippen molar-refractivity contribution in [2.45, 2.75) is 39.2 Å². The molecule has 0 heterocycles. The third-order valence-corrected chi connectivity index (χ3v) is 2.92. The van der Waals surface area contributed by atoms with Crippen molar-refractivity contribution in [3.05, 3.63) is 29.8 Å². The first-order chi connectivity index (χ1) is 10.1. The van der Waals surface area contributed by atoms with Gasteiger partial charge in [0.05, 0.1) is 12.6 Å². The predicted octanol–water partition coefficient (Wildman–Crippen LogP) is 2.12. The van der Waals surface area contributed by atoms with Crippen molar-refractivity contribution in [2.75, 3.05) is 6.61 Å². The van der Waals surface area contributed by atoms with Gasteiger partial charge in [0, 0.05) is 5.56 Å². The van der Waals surface area contributed by atoms with Gasteiger partial charge in [-0.25, -0.2) is 0 Å². The van der Waals surface area contributed by atoms with E-state index in [9.17, 15) is 4.79 Å². The molecule has 21 heavy (non-hydrogen) atoms. The first kappa shape index (κ1) is 16.8. The second-order valence-electron chi connectivity index (χ2n) is 4.72. The van der Waals surface area contributed by atoms with Gasteiger partial charge in [0.2, 0.25) is 0 Å². The van der Waals surface area contributed by atoms with Crippen LogP contribution in [0.3, 0.4) is 0 Å². The molecule has 1 rings (SSSR count). The molecule has 4 N–H and O–H groups in total. The fourth-order valence-corrected chi connectivity index (χ4v) is 1.84. The number of amidine groups is 1. The minimum Gasteiger partial charge on any atom is -0.494 e. The molecule has 1 unspecified atom stereocenters. The van der Waals surface area contributed by atoms with E-state index < -0.39 is 6.04 Å². The van der Waals surface area contributed by atoms with Crippen LogP contribution in [0.25, 0.3) is 0 Å². The monoisotopic (exact) mass is 293 g/mol. The van der Waals surface area contributed by atoms with Gasteiger partial charge in [0.15, 0.2) is 5.84 Å². The Kier molecular flexibility index (Phi) is 7.08. The number of nitrogens with one attached hydrogen (secondary N) is 1. The standard InChI is InChI=1S/C15H23N3O3/c1-3-6-13(14(16)18-20)17-15(19)11-7-5-8-12(10-11)21-9-4-2/h5,7-8,10,13,20H,3-4,6,9H2,1-2H3,(H2,16,18)(H,17,19). The van der Waals surface area contributed by atoms with Gasteiger partial charge in [-0.15, -0.1) is 0 Å². The highest BCUT2D eigenvalue weighted by Crippen LogP contribution is 2.14. The van der Waals surface area contributed by atoms with Gasteiger partial charge in [0.25, 0.3) is 5.91 Å². The molecule has 0 radical (unpaired) electrons. The lowest BCUT2D eigenvalue weighted by Crippen LogP contribution is -2.44. The Balaban J connectivity index is 2.77. The maximum absolute atomic E-state index is 12.2. The van der Waals surface area contributed by atoms with Crippen LogP contribution in [0.4, 0.5) is 0 Å². The van der Waals surface area contributed by atoms with E-state index in [-0.39, 0.29) is 11.7 Å². The number of amides is 1. The van der Waals surface area contributed by atoms with E-state index in [1.165, 1.54) is 0 Å². The van der Waals surface area contributed by atoms with E-state index >= 15 is 0 Å². The average Bonchev–Trinajstić information content (AvgIpc) is 2.51. The highest BCUT2D eigenvalue weighted by atomic mass is 16.5. The Morgan fingerprint density at radius 3 is 2.81 bits per heavy atom. The van der Waals surface area contributed by atoms with E-state index in [0.29, 0.717) is 24.3 Å². The summed E-state index contributed by atoms with van der Waals surface area (Å²) in [5, 5.41) is 14.5. The molecule has 1 atom stereocenters. The van der Waals surface area contributed by atoms with Crippen LogP contribution < -0.4 is 15.8 Å². The molecular formula is C15H23N3O3. The van der Waals surface area contributed by atoms with Crippen LogP contribution in [-0.2, 0) is 0 Å². The molecule has 6 heteroatoms. The quantitative estimate of drug-likeness (QED) is 0.296. The number of benzene rings is 1. The van der Waals surface area contributed by atoms with Crippen molar-refractivity contribution in [3.63, 3.8) is 0 Å². The average molecular weight is 293 g/mol. The lowest BCUT2D eigenvalue weighted by molar-refractivity contribution is 0.0944. The van der Waals surface area contributed by atoms with Crippen LogP contribution in [-0.4, -0.2) is 29.6 Å². The van der Waals surface area contributed by atoms with Crippen LogP contribution in [0.5, 0.6) is 5.75 Å². The zero-order valence-corrected chi connectivity index (χ0v) is 12.5. The Hall–Kier alpha value is -2.24. The first-order valence-corrected chi connectivity index (χ1v) is 7.13. The van der Waals surface area contributed by atoms with Gasteiger partial charge in [-0.1, -0.05) is 31.5 Å². The SMILES string of the molecule is CCCOc1cccc(C(=O)NC(CCC)C(N)=NO)c1. The number of nitrogens with two attached hydrogens (primary N) is 1. The van der Waals surface area contributed by atoms with Crippen LogP contribution in [0.1, 0.15) is 43.5 Å². The number of rotatable bonds is 8. The van der Waals surface area contributed by atoms with Crippen molar-refractivity contribution >= 4 is 11.7 Å². The summed E-state index contributed by atoms with van der Waals surface area (Å²) in [6.07, 6.45) is 2.31.